The molecule has 3 N–H and O–H groups in total. The molecule has 0 unspecified atom stereocenters. The molecule has 1 aliphatic rings. The first-order valence-corrected chi connectivity index (χ1v) is 10.3. The van der Waals surface area contributed by atoms with Crippen LogP contribution >= 0.6 is 0 Å². The predicted octanol–water partition coefficient (Wildman–Crippen LogP) is 2.32. The number of amides is 2. The lowest BCUT2D eigenvalue weighted by Crippen LogP contribution is -2.45. The molecule has 3 aromatic rings. The number of aliphatic hydroxyl groups is 1. The lowest BCUT2D eigenvalue weighted by Gasteiger charge is -2.28. The fourth-order valence-electron chi connectivity index (χ4n) is 4.01. The Labute approximate surface area is 175 Å². The zero-order valence-corrected chi connectivity index (χ0v) is 17.0. The molecule has 1 aliphatic carbocycles. The number of nitrogens with zero attached hydrogens (tertiary/aromatic N) is 2. The summed E-state index contributed by atoms with van der Waals surface area (Å²) in [6.45, 7) is 0. The minimum atomic E-state index is -0.503. The molecule has 2 atom stereocenters. The van der Waals surface area contributed by atoms with E-state index in [1.165, 1.54) is 0 Å². The smallest absolute Gasteiger partial charge is 0.272 e. The van der Waals surface area contributed by atoms with Crippen LogP contribution in [0.2, 0.25) is 0 Å². The van der Waals surface area contributed by atoms with Gasteiger partial charge >= 0.3 is 0 Å². The van der Waals surface area contributed by atoms with E-state index < -0.39 is 6.10 Å². The molecule has 4 rings (SSSR count). The van der Waals surface area contributed by atoms with Crippen molar-refractivity contribution in [3.05, 3.63) is 71.0 Å². The van der Waals surface area contributed by atoms with Crippen LogP contribution in [0.5, 0.6) is 0 Å². The molecular weight excluding hydrogens is 380 g/mol. The van der Waals surface area contributed by atoms with E-state index in [0.717, 1.165) is 35.9 Å². The maximum Gasteiger partial charge on any atom is 0.272 e. The summed E-state index contributed by atoms with van der Waals surface area (Å²) in [5.41, 5.74) is 3.87. The first-order valence-electron chi connectivity index (χ1n) is 10.3. The van der Waals surface area contributed by atoms with Crippen molar-refractivity contribution in [2.45, 2.75) is 44.2 Å². The van der Waals surface area contributed by atoms with Gasteiger partial charge in [-0.3, -0.25) is 9.59 Å². The number of rotatable bonds is 5. The summed E-state index contributed by atoms with van der Waals surface area (Å²) in [5, 5.41) is 20.2. The van der Waals surface area contributed by atoms with Crippen LogP contribution in [0.1, 0.15) is 57.7 Å². The van der Waals surface area contributed by atoms with Gasteiger partial charge in [0, 0.05) is 18.8 Å². The van der Waals surface area contributed by atoms with E-state index >= 15 is 0 Å². The Balaban J connectivity index is 1.58. The van der Waals surface area contributed by atoms with Gasteiger partial charge in [0.15, 0.2) is 0 Å². The third-order valence-electron chi connectivity index (χ3n) is 5.70. The number of aromatic nitrogens is 2. The summed E-state index contributed by atoms with van der Waals surface area (Å²) >= 11 is 0. The highest BCUT2D eigenvalue weighted by molar-refractivity contribution is 5.94. The fourth-order valence-corrected chi connectivity index (χ4v) is 4.01. The Hall–Kier alpha value is -3.19. The van der Waals surface area contributed by atoms with Crippen LogP contribution in [0, 0.1) is 0 Å². The van der Waals surface area contributed by atoms with Crippen molar-refractivity contribution in [2.75, 3.05) is 7.05 Å². The van der Waals surface area contributed by atoms with E-state index in [4.69, 9.17) is 0 Å². The SMILES string of the molecule is CNC(=O)c1ccc(Cc2cc(C(=O)N[C@H]3CCCC[C@@H]3O)nn3cccc23)cc1. The molecule has 7 heteroatoms. The van der Waals surface area contributed by atoms with Gasteiger partial charge in [-0.2, -0.15) is 5.10 Å². The third kappa shape index (κ3) is 4.21. The lowest BCUT2D eigenvalue weighted by molar-refractivity contribution is 0.0712. The molecule has 1 aromatic carbocycles. The monoisotopic (exact) mass is 406 g/mol. The van der Waals surface area contributed by atoms with Crippen molar-refractivity contribution in [3.63, 3.8) is 0 Å². The first-order chi connectivity index (χ1) is 14.5. The number of nitrogens with one attached hydrogen (secondary N) is 2. The Morgan fingerprint density at radius 3 is 2.63 bits per heavy atom. The number of benzene rings is 1. The van der Waals surface area contributed by atoms with Gasteiger partial charge in [0.05, 0.1) is 17.7 Å². The van der Waals surface area contributed by atoms with E-state index in [1.54, 1.807) is 23.7 Å². The number of hydrogen-bond acceptors (Lipinski definition) is 4. The second-order valence-corrected chi connectivity index (χ2v) is 7.78. The van der Waals surface area contributed by atoms with Gasteiger partial charge in [0.2, 0.25) is 0 Å². The van der Waals surface area contributed by atoms with Gasteiger partial charge in [-0.15, -0.1) is 0 Å². The molecule has 0 spiro atoms. The van der Waals surface area contributed by atoms with E-state index in [-0.39, 0.29) is 17.9 Å². The fraction of sp³-hybridized carbons (Fsp3) is 0.348. The molecule has 1 fully saturated rings. The maximum absolute atomic E-state index is 12.8. The van der Waals surface area contributed by atoms with Gasteiger partial charge in [0.1, 0.15) is 5.69 Å². The number of carbonyl (C=O) groups excluding carboxylic acids is 2. The van der Waals surface area contributed by atoms with Crippen LogP contribution in [0.15, 0.2) is 48.7 Å². The first kappa shape index (κ1) is 20.1. The van der Waals surface area contributed by atoms with Crippen LogP contribution in [-0.2, 0) is 6.42 Å². The van der Waals surface area contributed by atoms with Crippen LogP contribution < -0.4 is 10.6 Å². The van der Waals surface area contributed by atoms with Crippen molar-refractivity contribution < 1.29 is 14.7 Å². The normalized spacial score (nSPS) is 18.9. The molecule has 0 aliphatic heterocycles. The van der Waals surface area contributed by atoms with Crippen molar-refractivity contribution in [3.8, 4) is 0 Å². The highest BCUT2D eigenvalue weighted by Crippen LogP contribution is 2.20. The lowest BCUT2D eigenvalue weighted by atomic mass is 9.92. The molecule has 0 saturated heterocycles. The van der Waals surface area contributed by atoms with Crippen molar-refractivity contribution >= 4 is 17.3 Å². The Bertz CT molecular complexity index is 1060. The second kappa shape index (κ2) is 8.67. The zero-order chi connectivity index (χ0) is 21.1. The van der Waals surface area contributed by atoms with Gasteiger partial charge in [0.25, 0.3) is 11.8 Å². The maximum atomic E-state index is 12.8. The third-order valence-corrected chi connectivity index (χ3v) is 5.70. The largest absolute Gasteiger partial charge is 0.391 e. The molecule has 2 heterocycles. The molecule has 1 saturated carbocycles. The average Bonchev–Trinajstić information content (AvgIpc) is 3.24. The molecule has 30 heavy (non-hydrogen) atoms. The predicted molar refractivity (Wildman–Crippen MR) is 114 cm³/mol. The summed E-state index contributed by atoms with van der Waals surface area (Å²) in [7, 11) is 1.61. The van der Waals surface area contributed by atoms with E-state index in [9.17, 15) is 14.7 Å². The van der Waals surface area contributed by atoms with Gasteiger partial charge < -0.3 is 15.7 Å². The summed E-state index contributed by atoms with van der Waals surface area (Å²) in [6, 6.07) is 12.9. The van der Waals surface area contributed by atoms with Crippen molar-refractivity contribution in [2.24, 2.45) is 0 Å². The van der Waals surface area contributed by atoms with Gasteiger partial charge in [-0.05, 0) is 60.7 Å². The summed E-state index contributed by atoms with van der Waals surface area (Å²) in [5.74, 6) is -0.393. The molecule has 0 bridgehead atoms. The summed E-state index contributed by atoms with van der Waals surface area (Å²) in [4.78, 5) is 24.6. The van der Waals surface area contributed by atoms with Crippen LogP contribution in [0.25, 0.3) is 5.52 Å². The van der Waals surface area contributed by atoms with E-state index in [1.807, 2.05) is 36.5 Å². The Morgan fingerprint density at radius 2 is 1.90 bits per heavy atom. The number of fused-ring (bicyclic) bond motifs is 1. The van der Waals surface area contributed by atoms with Crippen molar-refractivity contribution in [1.29, 1.82) is 0 Å². The molecule has 156 valence electrons. The van der Waals surface area contributed by atoms with Crippen LogP contribution in [-0.4, -0.2) is 45.7 Å². The van der Waals surface area contributed by atoms with Crippen LogP contribution in [0.3, 0.4) is 0 Å². The van der Waals surface area contributed by atoms with Gasteiger partial charge in [-0.25, -0.2) is 4.52 Å². The van der Waals surface area contributed by atoms with Crippen molar-refractivity contribution in [1.82, 2.24) is 20.2 Å². The number of carbonyl (C=O) groups is 2. The van der Waals surface area contributed by atoms with E-state index in [0.29, 0.717) is 24.1 Å². The van der Waals surface area contributed by atoms with Gasteiger partial charge in [-0.1, -0.05) is 25.0 Å². The van der Waals surface area contributed by atoms with E-state index in [2.05, 4.69) is 15.7 Å². The zero-order valence-electron chi connectivity index (χ0n) is 17.0. The Morgan fingerprint density at radius 1 is 1.13 bits per heavy atom. The highest BCUT2D eigenvalue weighted by atomic mass is 16.3. The molecule has 2 amide bonds. The second-order valence-electron chi connectivity index (χ2n) is 7.78. The van der Waals surface area contributed by atoms with Crippen LogP contribution in [0.4, 0.5) is 0 Å². The molecule has 2 aromatic heterocycles. The Kier molecular flexibility index (Phi) is 5.81. The standard InChI is InChI=1S/C23H26N4O3/c1-24-22(29)16-10-8-15(9-11-16)13-17-14-19(26-27-12-4-6-20(17)27)23(30)25-18-5-2-3-7-21(18)28/h4,6,8-12,14,18,21,28H,2-3,5,7,13H2,1H3,(H,24,29)(H,25,30)/t18-,21-/m0/s1. The minimum Gasteiger partial charge on any atom is -0.391 e. The molecule has 0 radical (unpaired) electrons. The highest BCUT2D eigenvalue weighted by Gasteiger charge is 2.25. The summed E-state index contributed by atoms with van der Waals surface area (Å²) in [6.07, 6.45) is 5.41. The average molecular weight is 406 g/mol. The number of hydrogen-bond donors (Lipinski definition) is 3. The topological polar surface area (TPSA) is 95.7 Å². The molecular formula is C23H26N4O3. The quantitative estimate of drug-likeness (QED) is 0.606. The molecule has 7 nitrogen and oxygen atoms in total. The number of aliphatic hydroxyl groups excluding tert-OH is 1. The summed E-state index contributed by atoms with van der Waals surface area (Å²) < 4.78 is 1.71. The minimum absolute atomic E-state index is 0.122.